The molecule has 0 fully saturated rings. The highest BCUT2D eigenvalue weighted by atomic mass is 16.5. The van der Waals surface area contributed by atoms with E-state index in [1.54, 1.807) is 32.2 Å². The highest BCUT2D eigenvalue weighted by Crippen LogP contribution is 2.29. The summed E-state index contributed by atoms with van der Waals surface area (Å²) in [4.78, 5) is 31.1. The van der Waals surface area contributed by atoms with Gasteiger partial charge in [0.05, 0.1) is 10.9 Å². The summed E-state index contributed by atoms with van der Waals surface area (Å²) in [6.07, 6.45) is -0.629. The Hall–Kier alpha value is -2.21. The number of hydrogen-bond acceptors (Lipinski definition) is 4. The van der Waals surface area contributed by atoms with Gasteiger partial charge in [0, 0.05) is 13.7 Å². The van der Waals surface area contributed by atoms with Crippen molar-refractivity contribution in [3.8, 4) is 0 Å². The first kappa shape index (κ1) is 13.8. The van der Waals surface area contributed by atoms with E-state index in [2.05, 4.69) is 4.98 Å². The van der Waals surface area contributed by atoms with Gasteiger partial charge in [-0.3, -0.25) is 14.2 Å². The van der Waals surface area contributed by atoms with Crippen LogP contribution in [0, 0.1) is 0 Å². The van der Waals surface area contributed by atoms with E-state index in [0.29, 0.717) is 23.3 Å². The van der Waals surface area contributed by atoms with E-state index in [-0.39, 0.29) is 11.5 Å². The number of ether oxygens (including phenoxy) is 1. The van der Waals surface area contributed by atoms with E-state index < -0.39 is 12.3 Å². The van der Waals surface area contributed by atoms with Gasteiger partial charge in [-0.1, -0.05) is 12.1 Å². The molecule has 2 heterocycles. The van der Waals surface area contributed by atoms with Gasteiger partial charge in [0.2, 0.25) is 5.91 Å². The van der Waals surface area contributed by atoms with Crippen LogP contribution in [0.2, 0.25) is 0 Å². The number of benzene rings is 1. The second kappa shape index (κ2) is 4.96. The molecule has 0 unspecified atom stereocenters. The lowest BCUT2D eigenvalue weighted by Gasteiger charge is -2.37. The quantitative estimate of drug-likeness (QED) is 0.839. The molecule has 0 bridgehead atoms. The molecule has 0 saturated heterocycles. The lowest BCUT2D eigenvalue weighted by Crippen LogP contribution is -2.48. The molecule has 6 nitrogen and oxygen atoms in total. The third-order valence-corrected chi connectivity index (χ3v) is 3.82. The van der Waals surface area contributed by atoms with Crippen LogP contribution in [0.5, 0.6) is 0 Å². The number of amides is 1. The summed E-state index contributed by atoms with van der Waals surface area (Å²) < 4.78 is 7.08. The molecule has 110 valence electrons. The fraction of sp³-hybridized carbons (Fsp3) is 0.400. The average Bonchev–Trinajstić information content (AvgIpc) is 2.49. The van der Waals surface area contributed by atoms with Crippen LogP contribution in [-0.2, 0) is 9.53 Å². The van der Waals surface area contributed by atoms with E-state index in [4.69, 9.17) is 4.74 Å². The highest BCUT2D eigenvalue weighted by molar-refractivity contribution is 5.83. The van der Waals surface area contributed by atoms with Gasteiger partial charge in [-0.2, -0.15) is 0 Å². The van der Waals surface area contributed by atoms with Crippen molar-refractivity contribution in [2.24, 2.45) is 0 Å². The minimum Gasteiger partial charge on any atom is -0.351 e. The van der Waals surface area contributed by atoms with Crippen molar-refractivity contribution in [3.05, 3.63) is 40.4 Å². The van der Waals surface area contributed by atoms with Gasteiger partial charge in [-0.25, -0.2) is 4.98 Å². The predicted octanol–water partition coefficient (Wildman–Crippen LogP) is 1.46. The lowest BCUT2D eigenvalue weighted by molar-refractivity contribution is -0.153. The fourth-order valence-corrected chi connectivity index (χ4v) is 2.75. The van der Waals surface area contributed by atoms with E-state index >= 15 is 0 Å². The van der Waals surface area contributed by atoms with E-state index in [9.17, 15) is 9.59 Å². The fourth-order valence-electron chi connectivity index (χ4n) is 2.75. The molecule has 0 saturated carbocycles. The monoisotopic (exact) mass is 287 g/mol. The first-order valence-electron chi connectivity index (χ1n) is 6.95. The maximum Gasteiger partial charge on any atom is 0.262 e. The maximum atomic E-state index is 12.7. The Balaban J connectivity index is 2.34. The van der Waals surface area contributed by atoms with Crippen LogP contribution in [-0.4, -0.2) is 34.0 Å². The topological polar surface area (TPSA) is 64.4 Å². The number of nitrogens with zero attached hydrogens (tertiary/aromatic N) is 3. The summed E-state index contributed by atoms with van der Waals surface area (Å²) in [7, 11) is 1.67. The summed E-state index contributed by atoms with van der Waals surface area (Å²) in [6.45, 7) is 3.99. The molecule has 1 aliphatic rings. The SMILES string of the molecule is CCO[C@H]1c2nc3ccccc3c(=O)n2[C@@H](C)C(=O)N1C. The zero-order chi connectivity index (χ0) is 15.1. The number of hydrogen-bond donors (Lipinski definition) is 0. The lowest BCUT2D eigenvalue weighted by atomic mass is 10.1. The molecule has 21 heavy (non-hydrogen) atoms. The Labute approximate surface area is 122 Å². The summed E-state index contributed by atoms with van der Waals surface area (Å²) in [6, 6.07) is 6.57. The average molecular weight is 287 g/mol. The van der Waals surface area contributed by atoms with Gasteiger partial charge < -0.3 is 9.64 Å². The van der Waals surface area contributed by atoms with Crippen molar-refractivity contribution in [2.45, 2.75) is 26.1 Å². The van der Waals surface area contributed by atoms with Gasteiger partial charge in [-0.15, -0.1) is 0 Å². The van der Waals surface area contributed by atoms with Crippen molar-refractivity contribution >= 4 is 16.8 Å². The second-order valence-electron chi connectivity index (χ2n) is 5.10. The molecule has 0 spiro atoms. The Morgan fingerprint density at radius 1 is 1.29 bits per heavy atom. The van der Waals surface area contributed by atoms with Crippen LogP contribution in [0.25, 0.3) is 10.9 Å². The molecule has 3 rings (SSSR count). The number of carbonyl (C=O) groups is 1. The van der Waals surface area contributed by atoms with Crippen molar-refractivity contribution in [1.29, 1.82) is 0 Å². The smallest absolute Gasteiger partial charge is 0.262 e. The van der Waals surface area contributed by atoms with Crippen molar-refractivity contribution in [1.82, 2.24) is 14.5 Å². The molecular formula is C15H17N3O3. The van der Waals surface area contributed by atoms with E-state index in [0.717, 1.165) is 0 Å². The van der Waals surface area contributed by atoms with Crippen LogP contribution in [0.3, 0.4) is 0 Å². The minimum atomic E-state index is -0.629. The van der Waals surface area contributed by atoms with Crippen LogP contribution >= 0.6 is 0 Å². The van der Waals surface area contributed by atoms with Crippen LogP contribution in [0.1, 0.15) is 31.9 Å². The first-order valence-corrected chi connectivity index (χ1v) is 6.95. The number of rotatable bonds is 2. The van der Waals surface area contributed by atoms with Gasteiger partial charge in [-0.05, 0) is 26.0 Å². The third kappa shape index (κ3) is 1.94. The number of para-hydroxylation sites is 1. The van der Waals surface area contributed by atoms with Gasteiger partial charge in [0.1, 0.15) is 6.04 Å². The van der Waals surface area contributed by atoms with Crippen molar-refractivity contribution in [2.75, 3.05) is 13.7 Å². The molecule has 6 heteroatoms. The zero-order valence-electron chi connectivity index (χ0n) is 12.2. The molecule has 0 radical (unpaired) electrons. The van der Waals surface area contributed by atoms with Gasteiger partial charge in [0.25, 0.3) is 5.56 Å². The van der Waals surface area contributed by atoms with Crippen LogP contribution in [0.4, 0.5) is 0 Å². The van der Waals surface area contributed by atoms with Gasteiger partial charge in [0.15, 0.2) is 12.1 Å². The first-order chi connectivity index (χ1) is 10.1. The molecule has 1 amide bonds. The number of fused-ring (bicyclic) bond motifs is 2. The molecule has 1 aliphatic heterocycles. The van der Waals surface area contributed by atoms with Crippen molar-refractivity contribution < 1.29 is 9.53 Å². The Kier molecular flexibility index (Phi) is 3.25. The van der Waals surface area contributed by atoms with E-state index in [1.165, 1.54) is 9.47 Å². The summed E-state index contributed by atoms with van der Waals surface area (Å²) in [5.74, 6) is 0.329. The zero-order valence-corrected chi connectivity index (χ0v) is 12.2. The molecular weight excluding hydrogens is 270 g/mol. The molecule has 0 N–H and O–H groups in total. The van der Waals surface area contributed by atoms with E-state index in [1.807, 2.05) is 13.0 Å². The van der Waals surface area contributed by atoms with Crippen LogP contribution < -0.4 is 5.56 Å². The number of likely N-dealkylation sites (N-methyl/N-ethyl adjacent to an activating group) is 1. The Morgan fingerprint density at radius 2 is 2.00 bits per heavy atom. The molecule has 2 atom stereocenters. The van der Waals surface area contributed by atoms with Crippen LogP contribution in [0.15, 0.2) is 29.1 Å². The summed E-state index contributed by atoms with van der Waals surface area (Å²) in [5, 5.41) is 0.515. The Morgan fingerprint density at radius 3 is 2.71 bits per heavy atom. The standard InChI is InChI=1S/C15H17N3O3/c1-4-21-15-12-16-11-8-6-5-7-10(11)14(20)18(12)9(2)13(19)17(15)3/h5-9,15H,4H2,1-3H3/t9-,15-/m0/s1. The molecule has 2 aromatic rings. The molecule has 1 aromatic carbocycles. The largest absolute Gasteiger partial charge is 0.351 e. The predicted molar refractivity (Wildman–Crippen MR) is 77.9 cm³/mol. The third-order valence-electron chi connectivity index (χ3n) is 3.82. The highest BCUT2D eigenvalue weighted by Gasteiger charge is 2.37. The maximum absolute atomic E-state index is 12.7. The second-order valence-corrected chi connectivity index (χ2v) is 5.10. The van der Waals surface area contributed by atoms with Crippen molar-refractivity contribution in [3.63, 3.8) is 0 Å². The normalized spacial score (nSPS) is 21.7. The minimum absolute atomic E-state index is 0.153. The number of aromatic nitrogens is 2. The summed E-state index contributed by atoms with van der Waals surface area (Å²) >= 11 is 0. The number of carbonyl (C=O) groups excluding carboxylic acids is 1. The summed E-state index contributed by atoms with van der Waals surface area (Å²) in [5.41, 5.74) is 0.419. The van der Waals surface area contributed by atoms with Gasteiger partial charge >= 0.3 is 0 Å². The molecule has 1 aromatic heterocycles. The molecule has 0 aliphatic carbocycles. The Bertz CT molecular complexity index is 768.